The molecular weight excluding hydrogens is 352 g/mol. The lowest BCUT2D eigenvalue weighted by atomic mass is 9.85. The summed E-state index contributed by atoms with van der Waals surface area (Å²) in [5, 5.41) is 28.1. The molecule has 0 aromatic heterocycles. The maximum absolute atomic E-state index is 12.5. The highest BCUT2D eigenvalue weighted by Crippen LogP contribution is 2.33. The molecule has 0 radical (unpaired) electrons. The first-order valence-electron chi connectivity index (χ1n) is 10.0. The summed E-state index contributed by atoms with van der Waals surface area (Å²) in [7, 11) is 0. The second-order valence-corrected chi connectivity index (χ2v) is 7.41. The zero-order chi connectivity index (χ0) is 20.9. The molecule has 7 nitrogen and oxygen atoms in total. The second kappa shape index (κ2) is 12.7. The maximum atomic E-state index is 12.5. The number of carboxylic acids is 2. The summed E-state index contributed by atoms with van der Waals surface area (Å²) in [4.78, 5) is 34.6. The Balaban J connectivity index is 5.35. The Hall–Kier alpha value is -1.63. The largest absolute Gasteiger partial charge is 0.481 e. The molecule has 0 saturated carbocycles. The Labute approximate surface area is 162 Å². The van der Waals surface area contributed by atoms with E-state index < -0.39 is 42.0 Å². The summed E-state index contributed by atoms with van der Waals surface area (Å²) in [6.07, 6.45) is 6.71. The number of aliphatic hydroxyl groups is 1. The summed E-state index contributed by atoms with van der Waals surface area (Å²) in [6.45, 7) is 6.19. The van der Waals surface area contributed by atoms with Crippen LogP contribution in [-0.4, -0.2) is 44.4 Å². The summed E-state index contributed by atoms with van der Waals surface area (Å²) >= 11 is 0. The van der Waals surface area contributed by atoms with Gasteiger partial charge in [-0.25, -0.2) is 4.79 Å². The van der Waals surface area contributed by atoms with Crippen LogP contribution in [0.25, 0.3) is 0 Å². The van der Waals surface area contributed by atoms with Crippen LogP contribution in [0.2, 0.25) is 0 Å². The molecule has 0 aliphatic carbocycles. The number of aliphatic carboxylic acids is 2. The maximum Gasteiger partial charge on any atom is 0.336 e. The summed E-state index contributed by atoms with van der Waals surface area (Å²) < 4.78 is 5.76. The topological polar surface area (TPSA) is 121 Å². The van der Waals surface area contributed by atoms with Gasteiger partial charge < -0.3 is 20.1 Å². The average molecular weight is 389 g/mol. The molecule has 1 atom stereocenters. The smallest absolute Gasteiger partial charge is 0.336 e. The van der Waals surface area contributed by atoms with Crippen LogP contribution in [0, 0.1) is 0 Å². The predicted molar refractivity (Wildman–Crippen MR) is 101 cm³/mol. The Bertz CT molecular complexity index is 467. The van der Waals surface area contributed by atoms with Crippen LogP contribution in [0.4, 0.5) is 0 Å². The lowest BCUT2D eigenvalue weighted by molar-refractivity contribution is -0.179. The fourth-order valence-electron chi connectivity index (χ4n) is 3.20. The van der Waals surface area contributed by atoms with Crippen LogP contribution in [0.3, 0.4) is 0 Å². The van der Waals surface area contributed by atoms with E-state index in [1.807, 2.05) is 0 Å². The van der Waals surface area contributed by atoms with Gasteiger partial charge in [0.05, 0.1) is 12.8 Å². The van der Waals surface area contributed by atoms with Crippen LogP contribution >= 0.6 is 0 Å². The van der Waals surface area contributed by atoms with Gasteiger partial charge in [0, 0.05) is 0 Å². The van der Waals surface area contributed by atoms with E-state index in [0.29, 0.717) is 19.3 Å². The first kappa shape index (κ1) is 25.4. The van der Waals surface area contributed by atoms with Gasteiger partial charge in [0.2, 0.25) is 0 Å². The highest BCUT2D eigenvalue weighted by atomic mass is 16.6. The molecule has 0 aliphatic rings. The molecule has 0 aromatic rings. The number of unbranched alkanes of at least 4 members (excludes halogenated alkanes) is 4. The molecule has 0 saturated heterocycles. The molecule has 7 heteroatoms. The van der Waals surface area contributed by atoms with Crippen molar-refractivity contribution in [3.63, 3.8) is 0 Å². The lowest BCUT2D eigenvalue weighted by Gasteiger charge is -2.35. The molecule has 0 rings (SSSR count). The van der Waals surface area contributed by atoms with Crippen LogP contribution < -0.4 is 0 Å². The number of carbonyl (C=O) groups excluding carboxylic acids is 1. The SMILES string of the molecule is CCCCCC(CCCC)(CCCC)OC(=O)CC(O)(CC(=O)O)C(=O)O. The number of carboxylic acid groups (broad SMARTS) is 2. The van der Waals surface area contributed by atoms with Crippen molar-refractivity contribution in [3.05, 3.63) is 0 Å². The molecular formula is C20H36O7. The minimum absolute atomic E-state index is 0.680. The zero-order valence-electron chi connectivity index (χ0n) is 17.0. The Kier molecular flexibility index (Phi) is 11.9. The second-order valence-electron chi connectivity index (χ2n) is 7.41. The molecule has 0 amide bonds. The average Bonchev–Trinajstić information content (AvgIpc) is 2.57. The predicted octanol–water partition coefficient (Wildman–Crippen LogP) is 3.91. The van der Waals surface area contributed by atoms with Crippen LogP contribution in [0.1, 0.15) is 97.8 Å². The molecule has 1 unspecified atom stereocenters. The van der Waals surface area contributed by atoms with E-state index in [0.717, 1.165) is 44.9 Å². The van der Waals surface area contributed by atoms with Crippen molar-refractivity contribution in [2.75, 3.05) is 0 Å². The van der Waals surface area contributed by atoms with Gasteiger partial charge in [0.25, 0.3) is 0 Å². The minimum Gasteiger partial charge on any atom is -0.481 e. The first-order valence-corrected chi connectivity index (χ1v) is 10.0. The highest BCUT2D eigenvalue weighted by molar-refractivity contribution is 5.88. The molecule has 0 heterocycles. The number of rotatable bonds is 16. The third-order valence-electron chi connectivity index (χ3n) is 4.82. The van der Waals surface area contributed by atoms with E-state index in [2.05, 4.69) is 20.8 Å². The molecule has 0 aromatic carbocycles. The summed E-state index contributed by atoms with van der Waals surface area (Å²) in [6, 6.07) is 0. The van der Waals surface area contributed by atoms with Crippen molar-refractivity contribution in [1.29, 1.82) is 0 Å². The van der Waals surface area contributed by atoms with Crippen LogP contribution in [0.15, 0.2) is 0 Å². The number of carbonyl (C=O) groups is 3. The fourth-order valence-corrected chi connectivity index (χ4v) is 3.20. The Morgan fingerprint density at radius 2 is 1.26 bits per heavy atom. The molecule has 0 fully saturated rings. The van der Waals surface area contributed by atoms with E-state index in [4.69, 9.17) is 14.9 Å². The van der Waals surface area contributed by atoms with Crippen molar-refractivity contribution >= 4 is 17.9 Å². The van der Waals surface area contributed by atoms with Crippen molar-refractivity contribution in [3.8, 4) is 0 Å². The van der Waals surface area contributed by atoms with Crippen molar-refractivity contribution < 1.29 is 34.4 Å². The van der Waals surface area contributed by atoms with Crippen molar-refractivity contribution in [2.45, 2.75) is 109 Å². The standard InChI is InChI=1S/C20H36O7/c1-4-7-10-13-19(11-8-5-2,12-9-6-3)27-17(23)15-20(26,18(24)25)14-16(21)22/h26H,4-15H2,1-3H3,(H,21,22)(H,24,25). The molecule has 0 aliphatic heterocycles. The zero-order valence-corrected chi connectivity index (χ0v) is 17.0. The van der Waals surface area contributed by atoms with Crippen LogP contribution in [0.5, 0.6) is 0 Å². The Morgan fingerprint density at radius 1 is 0.778 bits per heavy atom. The molecule has 27 heavy (non-hydrogen) atoms. The van der Waals surface area contributed by atoms with Gasteiger partial charge in [0.1, 0.15) is 5.60 Å². The quantitative estimate of drug-likeness (QED) is 0.271. The third kappa shape index (κ3) is 9.75. The summed E-state index contributed by atoms with van der Waals surface area (Å²) in [5.74, 6) is -4.08. The molecule has 0 bridgehead atoms. The van der Waals surface area contributed by atoms with Gasteiger partial charge in [-0.05, 0) is 38.5 Å². The molecule has 0 spiro atoms. The van der Waals surface area contributed by atoms with Gasteiger partial charge in [-0.15, -0.1) is 0 Å². The highest BCUT2D eigenvalue weighted by Gasteiger charge is 2.43. The van der Waals surface area contributed by atoms with E-state index >= 15 is 0 Å². The molecule has 3 N–H and O–H groups in total. The van der Waals surface area contributed by atoms with Gasteiger partial charge in [0.15, 0.2) is 5.60 Å². The third-order valence-corrected chi connectivity index (χ3v) is 4.82. The monoisotopic (exact) mass is 388 g/mol. The van der Waals surface area contributed by atoms with E-state index in [1.165, 1.54) is 0 Å². The number of hydrogen-bond donors (Lipinski definition) is 3. The number of ether oxygens (including phenoxy) is 1. The number of esters is 1. The van der Waals surface area contributed by atoms with Crippen molar-refractivity contribution in [2.24, 2.45) is 0 Å². The van der Waals surface area contributed by atoms with E-state index in [-0.39, 0.29) is 0 Å². The van der Waals surface area contributed by atoms with Crippen LogP contribution in [-0.2, 0) is 19.1 Å². The van der Waals surface area contributed by atoms with Gasteiger partial charge >= 0.3 is 17.9 Å². The van der Waals surface area contributed by atoms with Gasteiger partial charge in [-0.2, -0.15) is 0 Å². The lowest BCUT2D eigenvalue weighted by Crippen LogP contribution is -2.45. The molecule has 158 valence electrons. The minimum atomic E-state index is -2.66. The van der Waals surface area contributed by atoms with Gasteiger partial charge in [-0.1, -0.05) is 46.5 Å². The van der Waals surface area contributed by atoms with E-state index in [9.17, 15) is 19.5 Å². The fraction of sp³-hybridized carbons (Fsp3) is 0.850. The number of hydrogen-bond acceptors (Lipinski definition) is 5. The first-order chi connectivity index (χ1) is 12.6. The van der Waals surface area contributed by atoms with Gasteiger partial charge in [-0.3, -0.25) is 9.59 Å². The van der Waals surface area contributed by atoms with Crippen molar-refractivity contribution in [1.82, 2.24) is 0 Å². The summed E-state index contributed by atoms with van der Waals surface area (Å²) in [5.41, 5.74) is -3.34. The van der Waals surface area contributed by atoms with E-state index in [1.54, 1.807) is 0 Å². The Morgan fingerprint density at radius 3 is 1.67 bits per heavy atom. The normalized spacial score (nSPS) is 13.8.